The number of nitrogens with zero attached hydrogens (tertiary/aromatic N) is 1. The predicted octanol–water partition coefficient (Wildman–Crippen LogP) is 1.85. The van der Waals surface area contributed by atoms with Crippen molar-refractivity contribution in [1.82, 2.24) is 4.90 Å². The molecule has 0 aromatic heterocycles. The molecule has 1 aromatic carbocycles. The number of phenolic OH excluding ortho intramolecular Hbond substituents is 1. The Balaban J connectivity index is 2.17. The van der Waals surface area contributed by atoms with Crippen molar-refractivity contribution in [2.24, 2.45) is 5.92 Å². The number of carbonyl (C=O) groups is 1. The highest BCUT2D eigenvalue weighted by atomic mass is 16.3. The number of rotatable bonds is 2. The first-order chi connectivity index (χ1) is 8.11. The minimum Gasteiger partial charge on any atom is -0.508 e. The van der Waals surface area contributed by atoms with Gasteiger partial charge >= 0.3 is 0 Å². The minimum absolute atomic E-state index is 0.0747. The number of benzene rings is 1. The van der Waals surface area contributed by atoms with Crippen LogP contribution in [0, 0.1) is 5.92 Å². The summed E-state index contributed by atoms with van der Waals surface area (Å²) in [6, 6.07) is 4.50. The molecule has 2 rings (SSSR count). The summed E-state index contributed by atoms with van der Waals surface area (Å²) in [5.41, 5.74) is 6.59. The fourth-order valence-electron chi connectivity index (χ4n) is 2.25. The molecule has 0 bridgehead atoms. The topological polar surface area (TPSA) is 66.6 Å². The number of nitrogens with two attached hydrogens (primary N) is 1. The van der Waals surface area contributed by atoms with Gasteiger partial charge in [0.2, 0.25) is 0 Å². The number of nitrogen functional groups attached to an aromatic ring is 1. The van der Waals surface area contributed by atoms with Crippen molar-refractivity contribution in [3.63, 3.8) is 0 Å². The van der Waals surface area contributed by atoms with Crippen LogP contribution in [0.15, 0.2) is 18.2 Å². The Morgan fingerprint density at radius 3 is 3.00 bits per heavy atom. The highest BCUT2D eigenvalue weighted by molar-refractivity contribution is 5.99. The molecule has 0 saturated carbocycles. The molecule has 4 heteroatoms. The van der Waals surface area contributed by atoms with Gasteiger partial charge in [-0.1, -0.05) is 13.3 Å². The van der Waals surface area contributed by atoms with Gasteiger partial charge in [0.15, 0.2) is 0 Å². The summed E-state index contributed by atoms with van der Waals surface area (Å²) in [5, 5.41) is 9.40. The number of hydrogen-bond donors (Lipinski definition) is 2. The molecule has 1 aliphatic rings. The van der Waals surface area contributed by atoms with E-state index >= 15 is 0 Å². The van der Waals surface area contributed by atoms with Gasteiger partial charge in [-0.2, -0.15) is 0 Å². The number of carbonyl (C=O) groups excluding carboxylic acids is 1. The van der Waals surface area contributed by atoms with E-state index in [9.17, 15) is 9.90 Å². The van der Waals surface area contributed by atoms with Gasteiger partial charge in [0.25, 0.3) is 5.91 Å². The molecule has 1 fully saturated rings. The molecule has 17 heavy (non-hydrogen) atoms. The fraction of sp³-hybridized carbons (Fsp3) is 0.462. The Morgan fingerprint density at radius 2 is 2.35 bits per heavy atom. The predicted molar refractivity (Wildman–Crippen MR) is 66.8 cm³/mol. The summed E-state index contributed by atoms with van der Waals surface area (Å²) < 4.78 is 0. The number of hydrogen-bond acceptors (Lipinski definition) is 3. The Labute approximate surface area is 101 Å². The molecule has 3 N–H and O–H groups in total. The van der Waals surface area contributed by atoms with E-state index < -0.39 is 0 Å². The summed E-state index contributed by atoms with van der Waals surface area (Å²) in [4.78, 5) is 14.0. The van der Waals surface area contributed by atoms with Gasteiger partial charge in [0, 0.05) is 18.8 Å². The fourth-order valence-corrected chi connectivity index (χ4v) is 2.25. The molecule has 1 heterocycles. The van der Waals surface area contributed by atoms with Crippen LogP contribution in [0.1, 0.15) is 30.1 Å². The third-order valence-electron chi connectivity index (χ3n) is 3.42. The zero-order valence-electron chi connectivity index (χ0n) is 10.0. The SMILES string of the molecule is CCC1CCN(C(=O)c2cc(O)ccc2N)C1. The standard InChI is InChI=1S/C13H18N2O2/c1-2-9-5-6-15(8-9)13(17)11-7-10(16)3-4-12(11)14/h3-4,7,9,16H,2,5-6,8,14H2,1H3. The quantitative estimate of drug-likeness (QED) is 0.606. The molecular weight excluding hydrogens is 216 g/mol. The van der Waals surface area contributed by atoms with Crippen LogP contribution in [0.5, 0.6) is 5.75 Å². The van der Waals surface area contributed by atoms with Crippen LogP contribution in [0.2, 0.25) is 0 Å². The van der Waals surface area contributed by atoms with E-state index in [4.69, 9.17) is 5.73 Å². The smallest absolute Gasteiger partial charge is 0.256 e. The Kier molecular flexibility index (Phi) is 3.22. The highest BCUT2D eigenvalue weighted by Crippen LogP contribution is 2.25. The first-order valence-electron chi connectivity index (χ1n) is 5.99. The van der Waals surface area contributed by atoms with Crippen molar-refractivity contribution < 1.29 is 9.90 Å². The van der Waals surface area contributed by atoms with Gasteiger partial charge < -0.3 is 15.7 Å². The lowest BCUT2D eigenvalue weighted by Crippen LogP contribution is -2.29. The molecule has 0 aliphatic carbocycles. The van der Waals surface area contributed by atoms with E-state index in [1.54, 1.807) is 6.07 Å². The van der Waals surface area contributed by atoms with Crippen molar-refractivity contribution >= 4 is 11.6 Å². The zero-order chi connectivity index (χ0) is 12.4. The number of likely N-dealkylation sites (tertiary alicyclic amines) is 1. The van der Waals surface area contributed by atoms with Crippen molar-refractivity contribution in [2.45, 2.75) is 19.8 Å². The maximum absolute atomic E-state index is 12.2. The van der Waals surface area contributed by atoms with Crippen LogP contribution in [-0.2, 0) is 0 Å². The first kappa shape index (κ1) is 11.8. The van der Waals surface area contributed by atoms with Crippen LogP contribution < -0.4 is 5.73 Å². The maximum atomic E-state index is 12.2. The van der Waals surface area contributed by atoms with Gasteiger partial charge in [0.05, 0.1) is 5.56 Å². The summed E-state index contributed by atoms with van der Waals surface area (Å²) in [5.74, 6) is 0.598. The van der Waals surface area contributed by atoms with Crippen molar-refractivity contribution in [2.75, 3.05) is 18.8 Å². The Hall–Kier alpha value is -1.71. The molecule has 1 atom stereocenters. The largest absolute Gasteiger partial charge is 0.508 e. The summed E-state index contributed by atoms with van der Waals surface area (Å²) in [6.45, 7) is 3.72. The van der Waals surface area contributed by atoms with Gasteiger partial charge in [-0.05, 0) is 30.5 Å². The van der Waals surface area contributed by atoms with Crippen molar-refractivity contribution in [1.29, 1.82) is 0 Å². The summed E-state index contributed by atoms with van der Waals surface area (Å²) in [6.07, 6.45) is 2.15. The van der Waals surface area contributed by atoms with E-state index in [1.807, 2.05) is 4.90 Å². The average molecular weight is 234 g/mol. The van der Waals surface area contributed by atoms with E-state index in [1.165, 1.54) is 12.1 Å². The van der Waals surface area contributed by atoms with E-state index in [0.29, 0.717) is 17.2 Å². The van der Waals surface area contributed by atoms with Crippen molar-refractivity contribution in [3.05, 3.63) is 23.8 Å². The van der Waals surface area contributed by atoms with Gasteiger partial charge in [-0.3, -0.25) is 4.79 Å². The van der Waals surface area contributed by atoms with Gasteiger partial charge in [-0.15, -0.1) is 0 Å². The molecule has 0 spiro atoms. The molecular formula is C13H18N2O2. The zero-order valence-corrected chi connectivity index (χ0v) is 10.0. The second-order valence-electron chi connectivity index (χ2n) is 4.59. The Morgan fingerprint density at radius 1 is 1.59 bits per heavy atom. The molecule has 1 amide bonds. The maximum Gasteiger partial charge on any atom is 0.256 e. The normalized spacial score (nSPS) is 19.6. The van der Waals surface area contributed by atoms with Crippen LogP contribution in [0.3, 0.4) is 0 Å². The number of aromatic hydroxyl groups is 1. The lowest BCUT2D eigenvalue weighted by molar-refractivity contribution is 0.0787. The average Bonchev–Trinajstić information content (AvgIpc) is 2.80. The molecule has 1 saturated heterocycles. The van der Waals surface area contributed by atoms with Crippen LogP contribution >= 0.6 is 0 Å². The van der Waals surface area contributed by atoms with E-state index in [2.05, 4.69) is 6.92 Å². The Bertz CT molecular complexity index is 431. The van der Waals surface area contributed by atoms with Crippen LogP contribution in [0.4, 0.5) is 5.69 Å². The van der Waals surface area contributed by atoms with Crippen LogP contribution in [-0.4, -0.2) is 29.0 Å². The first-order valence-corrected chi connectivity index (χ1v) is 5.99. The monoisotopic (exact) mass is 234 g/mol. The molecule has 92 valence electrons. The second-order valence-corrected chi connectivity index (χ2v) is 4.59. The molecule has 0 radical (unpaired) electrons. The van der Waals surface area contributed by atoms with Gasteiger partial charge in [-0.25, -0.2) is 0 Å². The lowest BCUT2D eigenvalue weighted by Gasteiger charge is -2.17. The highest BCUT2D eigenvalue weighted by Gasteiger charge is 2.26. The van der Waals surface area contributed by atoms with E-state index in [0.717, 1.165) is 25.9 Å². The third kappa shape index (κ3) is 2.35. The molecule has 1 unspecified atom stereocenters. The summed E-state index contributed by atoms with van der Waals surface area (Å²) in [7, 11) is 0. The number of phenols is 1. The minimum atomic E-state index is -0.0747. The summed E-state index contributed by atoms with van der Waals surface area (Å²) >= 11 is 0. The van der Waals surface area contributed by atoms with E-state index in [-0.39, 0.29) is 11.7 Å². The molecule has 4 nitrogen and oxygen atoms in total. The second kappa shape index (κ2) is 4.65. The van der Waals surface area contributed by atoms with Crippen LogP contribution in [0.25, 0.3) is 0 Å². The van der Waals surface area contributed by atoms with Crippen molar-refractivity contribution in [3.8, 4) is 5.75 Å². The van der Waals surface area contributed by atoms with Gasteiger partial charge in [0.1, 0.15) is 5.75 Å². The molecule has 1 aromatic rings. The lowest BCUT2D eigenvalue weighted by atomic mass is 10.1. The number of amides is 1. The number of anilines is 1. The molecule has 1 aliphatic heterocycles. The third-order valence-corrected chi connectivity index (χ3v) is 3.42.